The molecule has 3 nitrogen and oxygen atoms in total. The van der Waals surface area contributed by atoms with Crippen molar-refractivity contribution in [3.63, 3.8) is 0 Å². The van der Waals surface area contributed by atoms with Crippen LogP contribution in [-0.2, 0) is 11.3 Å². The average Bonchev–Trinajstić information content (AvgIpc) is 2.31. The summed E-state index contributed by atoms with van der Waals surface area (Å²) >= 11 is 0. The molecule has 82 valence electrons. The lowest BCUT2D eigenvalue weighted by Crippen LogP contribution is -3.17. The van der Waals surface area contributed by atoms with Crippen LogP contribution < -0.4 is 4.90 Å². The third-order valence-corrected chi connectivity index (χ3v) is 2.96. The molecule has 0 radical (unpaired) electrons. The van der Waals surface area contributed by atoms with E-state index in [9.17, 15) is 5.11 Å². The van der Waals surface area contributed by atoms with Crippen LogP contribution in [-0.4, -0.2) is 37.5 Å². The second-order valence-electron chi connectivity index (χ2n) is 4.03. The van der Waals surface area contributed by atoms with Crippen molar-refractivity contribution in [3.05, 3.63) is 35.9 Å². The lowest BCUT2D eigenvalue weighted by atomic mass is 10.1. The number of rotatable bonds is 3. The summed E-state index contributed by atoms with van der Waals surface area (Å²) in [4.78, 5) is 1.43. The first-order chi connectivity index (χ1) is 7.40. The van der Waals surface area contributed by atoms with Crippen LogP contribution in [0.15, 0.2) is 30.3 Å². The summed E-state index contributed by atoms with van der Waals surface area (Å²) in [6.45, 7) is 3.66. The predicted molar refractivity (Wildman–Crippen MR) is 57.7 cm³/mol. The van der Waals surface area contributed by atoms with Gasteiger partial charge in [0.05, 0.1) is 13.2 Å². The van der Waals surface area contributed by atoms with Crippen molar-refractivity contribution in [3.8, 4) is 0 Å². The predicted octanol–water partition coefficient (Wildman–Crippen LogP) is -0.537. The highest BCUT2D eigenvalue weighted by Gasteiger charge is 2.25. The molecule has 1 aliphatic heterocycles. The number of hydrogen-bond donors (Lipinski definition) is 2. The molecular weight excluding hydrogens is 190 g/mol. The fourth-order valence-corrected chi connectivity index (χ4v) is 2.02. The highest BCUT2D eigenvalue weighted by Crippen LogP contribution is 1.97. The van der Waals surface area contributed by atoms with Crippen LogP contribution >= 0.6 is 0 Å². The molecule has 2 unspecified atom stereocenters. The number of aliphatic hydroxyl groups excluding tert-OH is 1. The minimum absolute atomic E-state index is 0.210. The summed E-state index contributed by atoms with van der Waals surface area (Å²) in [5.74, 6) is 0. The van der Waals surface area contributed by atoms with E-state index < -0.39 is 0 Å². The highest BCUT2D eigenvalue weighted by atomic mass is 16.5. The molecular formula is C12H18NO2+. The summed E-state index contributed by atoms with van der Waals surface area (Å²) in [5.41, 5.74) is 1.33. The van der Waals surface area contributed by atoms with Gasteiger partial charge in [-0.3, -0.25) is 0 Å². The number of ether oxygens (including phenoxy) is 1. The van der Waals surface area contributed by atoms with Crippen LogP contribution in [0.3, 0.4) is 0 Å². The van der Waals surface area contributed by atoms with Gasteiger partial charge >= 0.3 is 0 Å². The van der Waals surface area contributed by atoms with Gasteiger partial charge in [0.15, 0.2) is 0 Å². The van der Waals surface area contributed by atoms with Crippen molar-refractivity contribution in [2.24, 2.45) is 0 Å². The van der Waals surface area contributed by atoms with Gasteiger partial charge in [0.1, 0.15) is 25.7 Å². The van der Waals surface area contributed by atoms with E-state index in [1.165, 1.54) is 10.5 Å². The summed E-state index contributed by atoms with van der Waals surface area (Å²) in [6.07, 6.45) is 0. The summed E-state index contributed by atoms with van der Waals surface area (Å²) < 4.78 is 5.36. The molecule has 2 N–H and O–H groups in total. The standard InChI is InChI=1S/C12H17NO2/c14-9-12-10-15-7-6-13(12)8-11-4-2-1-3-5-11/h1-5,12,14H,6-10H2/p+1. The van der Waals surface area contributed by atoms with Gasteiger partial charge in [-0.05, 0) is 0 Å². The number of hydrogen-bond acceptors (Lipinski definition) is 2. The van der Waals surface area contributed by atoms with Gasteiger partial charge in [-0.2, -0.15) is 0 Å². The number of benzene rings is 1. The van der Waals surface area contributed by atoms with E-state index in [0.717, 1.165) is 19.7 Å². The molecule has 15 heavy (non-hydrogen) atoms. The molecule has 3 heteroatoms. The molecule has 2 rings (SSSR count). The van der Waals surface area contributed by atoms with Gasteiger partial charge < -0.3 is 14.7 Å². The minimum atomic E-state index is 0.210. The SMILES string of the molecule is OCC1COCC[NH+]1Cc1ccccc1. The van der Waals surface area contributed by atoms with E-state index >= 15 is 0 Å². The molecule has 1 aliphatic rings. The van der Waals surface area contributed by atoms with Crippen LogP contribution in [0.2, 0.25) is 0 Å². The molecule has 1 saturated heterocycles. The quantitative estimate of drug-likeness (QED) is 0.700. The summed E-state index contributed by atoms with van der Waals surface area (Å²) in [5, 5.41) is 9.24. The molecule has 1 aromatic carbocycles. The minimum Gasteiger partial charge on any atom is -0.390 e. The first kappa shape index (κ1) is 10.6. The Morgan fingerprint density at radius 1 is 1.33 bits per heavy atom. The van der Waals surface area contributed by atoms with Crippen molar-refractivity contribution >= 4 is 0 Å². The Bertz CT molecular complexity index is 289. The van der Waals surface area contributed by atoms with Crippen LogP contribution in [0.5, 0.6) is 0 Å². The van der Waals surface area contributed by atoms with Crippen LogP contribution in [0, 0.1) is 0 Å². The number of morpholine rings is 1. The third kappa shape index (κ3) is 2.78. The van der Waals surface area contributed by atoms with Crippen molar-refractivity contribution in [2.45, 2.75) is 12.6 Å². The van der Waals surface area contributed by atoms with E-state index in [1.807, 2.05) is 6.07 Å². The second kappa shape index (κ2) is 5.26. The van der Waals surface area contributed by atoms with Crippen molar-refractivity contribution in [1.82, 2.24) is 0 Å². The fraction of sp³-hybridized carbons (Fsp3) is 0.500. The van der Waals surface area contributed by atoms with Crippen LogP contribution in [0.4, 0.5) is 0 Å². The van der Waals surface area contributed by atoms with Gasteiger partial charge in [-0.25, -0.2) is 0 Å². The Hall–Kier alpha value is -0.900. The largest absolute Gasteiger partial charge is 0.390 e. The second-order valence-corrected chi connectivity index (χ2v) is 4.03. The Labute approximate surface area is 90.3 Å². The first-order valence-electron chi connectivity index (χ1n) is 5.47. The zero-order valence-electron chi connectivity index (χ0n) is 8.86. The Balaban J connectivity index is 1.97. The van der Waals surface area contributed by atoms with Crippen LogP contribution in [0.25, 0.3) is 0 Å². The molecule has 0 amide bonds. The zero-order valence-corrected chi connectivity index (χ0v) is 8.86. The molecule has 0 spiro atoms. The van der Waals surface area contributed by atoms with E-state index in [-0.39, 0.29) is 12.6 Å². The molecule has 0 aliphatic carbocycles. The maximum absolute atomic E-state index is 9.24. The number of aliphatic hydroxyl groups is 1. The van der Waals surface area contributed by atoms with Gasteiger partial charge in [0, 0.05) is 5.56 Å². The maximum Gasteiger partial charge on any atom is 0.135 e. The lowest BCUT2D eigenvalue weighted by Gasteiger charge is -2.31. The summed E-state index contributed by atoms with van der Waals surface area (Å²) in [6, 6.07) is 10.7. The van der Waals surface area contributed by atoms with Gasteiger partial charge in [-0.15, -0.1) is 0 Å². The highest BCUT2D eigenvalue weighted by molar-refractivity contribution is 5.13. The molecule has 1 heterocycles. The third-order valence-electron chi connectivity index (χ3n) is 2.96. The smallest absolute Gasteiger partial charge is 0.135 e. The van der Waals surface area contributed by atoms with E-state index in [4.69, 9.17) is 4.74 Å². The number of nitrogens with one attached hydrogen (secondary N) is 1. The molecule has 0 bridgehead atoms. The Morgan fingerprint density at radius 3 is 2.87 bits per heavy atom. The lowest BCUT2D eigenvalue weighted by molar-refractivity contribution is -0.947. The molecule has 0 aromatic heterocycles. The maximum atomic E-state index is 9.24. The van der Waals surface area contributed by atoms with Crippen molar-refractivity contribution in [1.29, 1.82) is 0 Å². The molecule has 2 atom stereocenters. The number of quaternary nitrogens is 1. The first-order valence-corrected chi connectivity index (χ1v) is 5.47. The fourth-order valence-electron chi connectivity index (χ4n) is 2.02. The van der Waals surface area contributed by atoms with Crippen molar-refractivity contribution < 1.29 is 14.7 Å². The molecule has 1 aromatic rings. The average molecular weight is 208 g/mol. The topological polar surface area (TPSA) is 33.9 Å². The monoisotopic (exact) mass is 208 g/mol. The van der Waals surface area contributed by atoms with Crippen LogP contribution in [0.1, 0.15) is 5.56 Å². The van der Waals surface area contributed by atoms with E-state index in [2.05, 4.69) is 24.3 Å². The Morgan fingerprint density at radius 2 is 2.13 bits per heavy atom. The Kier molecular flexibility index (Phi) is 3.72. The van der Waals surface area contributed by atoms with Crippen molar-refractivity contribution in [2.75, 3.05) is 26.4 Å². The van der Waals surface area contributed by atoms with Gasteiger partial charge in [0.25, 0.3) is 0 Å². The zero-order chi connectivity index (χ0) is 10.5. The van der Waals surface area contributed by atoms with Gasteiger partial charge in [-0.1, -0.05) is 30.3 Å². The molecule has 0 saturated carbocycles. The van der Waals surface area contributed by atoms with Gasteiger partial charge in [0.2, 0.25) is 0 Å². The molecule has 1 fully saturated rings. The van der Waals surface area contributed by atoms with E-state index in [0.29, 0.717) is 6.61 Å². The van der Waals surface area contributed by atoms with E-state index in [1.54, 1.807) is 0 Å². The summed E-state index contributed by atoms with van der Waals surface area (Å²) in [7, 11) is 0. The normalized spacial score (nSPS) is 26.5.